The number of pyridine rings is 1. The van der Waals surface area contributed by atoms with Gasteiger partial charge in [-0.25, -0.2) is 4.98 Å². The maximum absolute atomic E-state index is 5.66. The van der Waals surface area contributed by atoms with E-state index >= 15 is 0 Å². The van der Waals surface area contributed by atoms with Crippen LogP contribution >= 0.6 is 24.0 Å². The summed E-state index contributed by atoms with van der Waals surface area (Å²) in [6, 6.07) is 4.29. The largest absolute Gasteiger partial charge is 0.475 e. The SMILES string of the molecule is CN=C(NCc1cccnc1OCCOC)NC(C)CCCC(C)C.I. The highest BCUT2D eigenvalue weighted by atomic mass is 127. The lowest BCUT2D eigenvalue weighted by Gasteiger charge is -2.19. The number of aliphatic imine (C=N–C) groups is 1. The second-order valence-electron chi connectivity index (χ2n) is 6.60. The zero-order chi connectivity index (χ0) is 18.5. The van der Waals surface area contributed by atoms with Gasteiger partial charge in [-0.2, -0.15) is 0 Å². The van der Waals surface area contributed by atoms with Crippen molar-refractivity contribution >= 4 is 29.9 Å². The number of rotatable bonds is 11. The predicted octanol–water partition coefficient (Wildman–Crippen LogP) is 3.60. The summed E-state index contributed by atoms with van der Waals surface area (Å²) in [5, 5.41) is 6.77. The molecule has 0 aromatic carbocycles. The minimum atomic E-state index is 0. The first-order valence-corrected chi connectivity index (χ1v) is 9.09. The summed E-state index contributed by atoms with van der Waals surface area (Å²) in [6.07, 6.45) is 5.35. The Kier molecular flexibility index (Phi) is 14.4. The number of guanidine groups is 1. The molecule has 1 aromatic heterocycles. The van der Waals surface area contributed by atoms with E-state index in [-0.39, 0.29) is 24.0 Å². The molecule has 1 atom stereocenters. The smallest absolute Gasteiger partial charge is 0.218 e. The molecule has 0 aliphatic carbocycles. The molecule has 0 aliphatic rings. The van der Waals surface area contributed by atoms with Crippen LogP contribution in [0.25, 0.3) is 0 Å². The van der Waals surface area contributed by atoms with Gasteiger partial charge in [-0.3, -0.25) is 4.99 Å². The Hall–Kier alpha value is -1.09. The number of nitrogens with one attached hydrogen (secondary N) is 2. The molecular weight excluding hydrogens is 443 g/mol. The Morgan fingerprint density at radius 1 is 1.23 bits per heavy atom. The van der Waals surface area contributed by atoms with Crippen LogP contribution in [0.5, 0.6) is 5.88 Å². The van der Waals surface area contributed by atoms with Crippen molar-refractivity contribution in [1.29, 1.82) is 0 Å². The first-order chi connectivity index (χ1) is 12.1. The summed E-state index contributed by atoms with van der Waals surface area (Å²) in [6.45, 7) is 8.35. The fourth-order valence-corrected chi connectivity index (χ4v) is 2.42. The molecule has 150 valence electrons. The monoisotopic (exact) mass is 478 g/mol. The lowest BCUT2D eigenvalue weighted by atomic mass is 10.0. The van der Waals surface area contributed by atoms with Crippen LogP contribution in [-0.4, -0.2) is 44.4 Å². The first-order valence-electron chi connectivity index (χ1n) is 9.09. The van der Waals surface area contributed by atoms with Crippen molar-refractivity contribution < 1.29 is 9.47 Å². The number of aromatic nitrogens is 1. The van der Waals surface area contributed by atoms with E-state index in [1.807, 2.05) is 12.1 Å². The van der Waals surface area contributed by atoms with Gasteiger partial charge in [-0.15, -0.1) is 24.0 Å². The van der Waals surface area contributed by atoms with Crippen molar-refractivity contribution in [2.45, 2.75) is 52.6 Å². The van der Waals surface area contributed by atoms with Crippen molar-refractivity contribution in [3.63, 3.8) is 0 Å². The molecule has 26 heavy (non-hydrogen) atoms. The van der Waals surface area contributed by atoms with Crippen LogP contribution in [0.4, 0.5) is 0 Å². The summed E-state index contributed by atoms with van der Waals surface area (Å²) >= 11 is 0. The van der Waals surface area contributed by atoms with E-state index in [0.29, 0.717) is 31.7 Å². The number of halogens is 1. The van der Waals surface area contributed by atoms with E-state index in [4.69, 9.17) is 9.47 Å². The molecule has 1 rings (SSSR count). The van der Waals surface area contributed by atoms with E-state index in [9.17, 15) is 0 Å². The van der Waals surface area contributed by atoms with Crippen LogP contribution in [0.2, 0.25) is 0 Å². The number of ether oxygens (including phenoxy) is 2. The van der Waals surface area contributed by atoms with Gasteiger partial charge in [0.2, 0.25) is 5.88 Å². The molecule has 0 aliphatic heterocycles. The summed E-state index contributed by atoms with van der Waals surface area (Å²) < 4.78 is 10.7. The van der Waals surface area contributed by atoms with Crippen molar-refractivity contribution in [2.24, 2.45) is 10.9 Å². The van der Waals surface area contributed by atoms with Crippen LogP contribution < -0.4 is 15.4 Å². The number of hydrogen-bond donors (Lipinski definition) is 2. The molecule has 0 saturated carbocycles. The van der Waals surface area contributed by atoms with Gasteiger partial charge in [0.25, 0.3) is 0 Å². The van der Waals surface area contributed by atoms with E-state index < -0.39 is 0 Å². The van der Waals surface area contributed by atoms with Crippen molar-refractivity contribution in [3.8, 4) is 5.88 Å². The highest BCUT2D eigenvalue weighted by molar-refractivity contribution is 14.0. The van der Waals surface area contributed by atoms with Crippen molar-refractivity contribution in [1.82, 2.24) is 15.6 Å². The van der Waals surface area contributed by atoms with Gasteiger partial charge in [0.05, 0.1) is 6.61 Å². The second kappa shape index (κ2) is 15.0. The highest BCUT2D eigenvalue weighted by Crippen LogP contribution is 2.14. The molecule has 0 amide bonds. The Morgan fingerprint density at radius 2 is 2.00 bits per heavy atom. The minimum Gasteiger partial charge on any atom is -0.475 e. The molecule has 1 aromatic rings. The standard InChI is InChI=1S/C19H34N4O2.HI/c1-15(2)8-6-9-16(3)23-19(20-4)22-14-17-10-7-11-21-18(17)25-13-12-24-5;/h7,10-11,15-16H,6,8-9,12-14H2,1-5H3,(H2,20,22,23);1H. The Morgan fingerprint density at radius 3 is 2.65 bits per heavy atom. The fourth-order valence-electron chi connectivity index (χ4n) is 2.42. The van der Waals surface area contributed by atoms with Crippen LogP contribution in [0.15, 0.2) is 23.3 Å². The summed E-state index contributed by atoms with van der Waals surface area (Å²) in [5.74, 6) is 2.18. The molecule has 6 nitrogen and oxygen atoms in total. The quantitative estimate of drug-likeness (QED) is 0.220. The topological polar surface area (TPSA) is 67.8 Å². The van der Waals surface area contributed by atoms with Crippen LogP contribution in [0.3, 0.4) is 0 Å². The first kappa shape index (κ1) is 24.9. The molecular formula is C19H35IN4O2. The highest BCUT2D eigenvalue weighted by Gasteiger charge is 2.08. The Balaban J connectivity index is 0.00000625. The third-order valence-corrected chi connectivity index (χ3v) is 3.85. The molecule has 1 heterocycles. The zero-order valence-electron chi connectivity index (χ0n) is 16.7. The minimum absolute atomic E-state index is 0. The van der Waals surface area contributed by atoms with Crippen molar-refractivity contribution in [3.05, 3.63) is 23.9 Å². The van der Waals surface area contributed by atoms with Gasteiger partial charge in [-0.05, 0) is 25.3 Å². The molecule has 0 fully saturated rings. The lowest BCUT2D eigenvalue weighted by molar-refractivity contribution is 0.143. The van der Waals surface area contributed by atoms with Gasteiger partial charge in [0.15, 0.2) is 5.96 Å². The van der Waals surface area contributed by atoms with Crippen LogP contribution in [-0.2, 0) is 11.3 Å². The molecule has 7 heteroatoms. The van der Waals surface area contributed by atoms with E-state index in [0.717, 1.165) is 23.9 Å². The Bertz CT molecular complexity index is 512. The van der Waals surface area contributed by atoms with E-state index in [2.05, 4.69) is 41.4 Å². The third-order valence-electron chi connectivity index (χ3n) is 3.85. The summed E-state index contributed by atoms with van der Waals surface area (Å²) in [5.41, 5.74) is 0.994. The van der Waals surface area contributed by atoms with Gasteiger partial charge >= 0.3 is 0 Å². The van der Waals surface area contributed by atoms with E-state index in [1.54, 1.807) is 20.4 Å². The normalized spacial score (nSPS) is 12.5. The van der Waals surface area contributed by atoms with E-state index in [1.165, 1.54) is 12.8 Å². The van der Waals surface area contributed by atoms with Gasteiger partial charge in [0.1, 0.15) is 6.61 Å². The number of methoxy groups -OCH3 is 1. The average Bonchev–Trinajstić information content (AvgIpc) is 2.59. The fraction of sp³-hybridized carbons (Fsp3) is 0.684. The number of nitrogens with zero attached hydrogens (tertiary/aromatic N) is 2. The third kappa shape index (κ3) is 10.8. The number of hydrogen-bond acceptors (Lipinski definition) is 4. The van der Waals surface area contributed by atoms with Crippen LogP contribution in [0, 0.1) is 5.92 Å². The summed E-state index contributed by atoms with van der Waals surface area (Å²) in [7, 11) is 3.44. The van der Waals surface area contributed by atoms with Crippen LogP contribution in [0.1, 0.15) is 45.6 Å². The Labute approximate surface area is 175 Å². The van der Waals surface area contributed by atoms with Gasteiger partial charge < -0.3 is 20.1 Å². The molecule has 0 spiro atoms. The van der Waals surface area contributed by atoms with Gasteiger partial charge in [-0.1, -0.05) is 32.8 Å². The van der Waals surface area contributed by atoms with Crippen molar-refractivity contribution in [2.75, 3.05) is 27.4 Å². The summed E-state index contributed by atoms with van der Waals surface area (Å²) in [4.78, 5) is 8.60. The maximum Gasteiger partial charge on any atom is 0.218 e. The molecule has 2 N–H and O–H groups in total. The molecule has 1 unspecified atom stereocenters. The predicted molar refractivity (Wildman–Crippen MR) is 119 cm³/mol. The van der Waals surface area contributed by atoms with Gasteiger partial charge in [0, 0.05) is 38.5 Å². The molecule has 0 saturated heterocycles. The zero-order valence-corrected chi connectivity index (χ0v) is 19.1. The second-order valence-corrected chi connectivity index (χ2v) is 6.60. The molecule has 0 radical (unpaired) electrons. The maximum atomic E-state index is 5.66. The molecule has 0 bridgehead atoms. The average molecular weight is 478 g/mol. The lowest BCUT2D eigenvalue weighted by Crippen LogP contribution is -2.41.